The van der Waals surface area contributed by atoms with Gasteiger partial charge in [-0.05, 0) is 12.1 Å². The number of carboxylic acids is 1. The molecular weight excluding hydrogens is 247 g/mol. The van der Waals surface area contributed by atoms with Crippen LogP contribution in [0.25, 0.3) is 0 Å². The van der Waals surface area contributed by atoms with Crippen molar-refractivity contribution < 1.29 is 28.6 Å². The number of urea groups is 1. The molecule has 0 aliphatic rings. The van der Waals surface area contributed by atoms with Gasteiger partial charge in [-0.25, -0.2) is 14.0 Å². The molecule has 0 fully saturated rings. The van der Waals surface area contributed by atoms with Crippen LogP contribution in [-0.2, 0) is 4.79 Å². The molecule has 0 unspecified atom stereocenters. The molecule has 0 aliphatic heterocycles. The lowest BCUT2D eigenvalue weighted by Gasteiger charge is -2.08. The van der Waals surface area contributed by atoms with Gasteiger partial charge in [0, 0.05) is 6.07 Å². The summed E-state index contributed by atoms with van der Waals surface area (Å²) in [6, 6.07) is 1.70. The van der Waals surface area contributed by atoms with E-state index in [4.69, 9.17) is 9.84 Å². The number of nitrogens with one attached hydrogen (secondary N) is 1. The van der Waals surface area contributed by atoms with Gasteiger partial charge in [-0.2, -0.15) is 0 Å². The Hall–Kier alpha value is -2.64. The van der Waals surface area contributed by atoms with Gasteiger partial charge in [0.25, 0.3) is 5.91 Å². The van der Waals surface area contributed by atoms with Crippen molar-refractivity contribution in [2.45, 2.75) is 0 Å². The summed E-state index contributed by atoms with van der Waals surface area (Å²) >= 11 is 0. The van der Waals surface area contributed by atoms with Crippen LogP contribution >= 0.6 is 0 Å². The highest BCUT2D eigenvalue weighted by Crippen LogP contribution is 2.19. The van der Waals surface area contributed by atoms with E-state index in [1.165, 1.54) is 0 Å². The summed E-state index contributed by atoms with van der Waals surface area (Å²) in [6.45, 7) is -0.660. The van der Waals surface area contributed by atoms with Crippen molar-refractivity contribution in [3.63, 3.8) is 0 Å². The number of carboxylic acid groups (broad SMARTS) is 1. The van der Waals surface area contributed by atoms with Crippen molar-refractivity contribution in [1.29, 1.82) is 0 Å². The lowest BCUT2D eigenvalue weighted by atomic mass is 10.2. The molecule has 0 aliphatic carbocycles. The smallest absolute Gasteiger partial charge is 0.339 e. The largest absolute Gasteiger partial charge is 0.483 e. The molecule has 0 spiro atoms. The second kappa shape index (κ2) is 5.62. The zero-order chi connectivity index (χ0) is 13.7. The van der Waals surface area contributed by atoms with E-state index in [1.807, 2.05) is 0 Å². The van der Waals surface area contributed by atoms with Gasteiger partial charge in [0.1, 0.15) is 17.1 Å². The minimum Gasteiger partial charge on any atom is -0.483 e. The van der Waals surface area contributed by atoms with Crippen molar-refractivity contribution >= 4 is 17.9 Å². The van der Waals surface area contributed by atoms with Crippen LogP contribution in [0.1, 0.15) is 10.4 Å². The van der Waals surface area contributed by atoms with Crippen LogP contribution in [0, 0.1) is 5.82 Å². The highest BCUT2D eigenvalue weighted by molar-refractivity contribution is 5.94. The number of halogens is 1. The Balaban J connectivity index is 2.77. The number of carbonyl (C=O) groups is 3. The molecule has 0 atom stereocenters. The van der Waals surface area contributed by atoms with Crippen molar-refractivity contribution in [3.05, 3.63) is 29.6 Å². The summed E-state index contributed by atoms with van der Waals surface area (Å²) in [5.74, 6) is -3.24. The highest BCUT2D eigenvalue weighted by atomic mass is 19.1. The Morgan fingerprint density at radius 1 is 1.39 bits per heavy atom. The topological polar surface area (TPSA) is 119 Å². The number of ether oxygens (including phenoxy) is 1. The molecule has 1 rings (SSSR count). The lowest BCUT2D eigenvalue weighted by Crippen LogP contribution is -2.38. The molecular formula is C10H9FN2O5. The van der Waals surface area contributed by atoms with E-state index in [0.29, 0.717) is 0 Å². The number of imide groups is 1. The van der Waals surface area contributed by atoms with Gasteiger partial charge in [0.2, 0.25) is 0 Å². The molecule has 0 aromatic heterocycles. The predicted octanol–water partition coefficient (Wildman–Crippen LogP) is 0.0976. The summed E-state index contributed by atoms with van der Waals surface area (Å²) in [7, 11) is 0. The molecule has 0 saturated carbocycles. The first kappa shape index (κ1) is 13.4. The third-order valence-electron chi connectivity index (χ3n) is 1.80. The highest BCUT2D eigenvalue weighted by Gasteiger charge is 2.14. The Morgan fingerprint density at radius 2 is 2.06 bits per heavy atom. The van der Waals surface area contributed by atoms with Crippen molar-refractivity contribution in [2.24, 2.45) is 5.73 Å². The van der Waals surface area contributed by atoms with Gasteiger partial charge in [-0.3, -0.25) is 10.1 Å². The maximum absolute atomic E-state index is 12.9. The van der Waals surface area contributed by atoms with Crippen LogP contribution in [-0.4, -0.2) is 29.6 Å². The van der Waals surface area contributed by atoms with E-state index in [9.17, 15) is 18.8 Å². The summed E-state index contributed by atoms with van der Waals surface area (Å²) in [4.78, 5) is 32.1. The zero-order valence-corrected chi connectivity index (χ0v) is 8.97. The fourth-order valence-corrected chi connectivity index (χ4v) is 1.11. The molecule has 0 bridgehead atoms. The Bertz CT molecular complexity index is 503. The van der Waals surface area contributed by atoms with Crippen LogP contribution in [0.3, 0.4) is 0 Å². The second-order valence-corrected chi connectivity index (χ2v) is 3.15. The minimum atomic E-state index is -1.33. The average molecular weight is 256 g/mol. The summed E-state index contributed by atoms with van der Waals surface area (Å²) in [5, 5.41) is 10.5. The molecule has 0 radical (unpaired) electrons. The molecule has 3 amide bonds. The number of rotatable bonds is 4. The van der Waals surface area contributed by atoms with Crippen LogP contribution in [0.15, 0.2) is 18.2 Å². The predicted molar refractivity (Wildman–Crippen MR) is 56.6 cm³/mol. The number of nitrogens with two attached hydrogens (primary N) is 1. The maximum Gasteiger partial charge on any atom is 0.339 e. The fourth-order valence-electron chi connectivity index (χ4n) is 1.11. The number of amides is 3. The number of benzene rings is 1. The summed E-state index contributed by atoms with van der Waals surface area (Å²) in [5.41, 5.74) is 4.38. The van der Waals surface area contributed by atoms with Gasteiger partial charge >= 0.3 is 12.0 Å². The first-order valence-electron chi connectivity index (χ1n) is 4.65. The minimum absolute atomic E-state index is 0.303. The Kier molecular flexibility index (Phi) is 4.19. The zero-order valence-electron chi connectivity index (χ0n) is 8.97. The quantitative estimate of drug-likeness (QED) is 0.705. The standard InChI is InChI=1S/C10H9FN2O5/c11-5-1-2-6(9(15)16)7(3-5)18-4-8(14)13-10(12)17/h1-3H,4H2,(H,15,16)(H3,12,13,14,17). The van der Waals surface area contributed by atoms with E-state index >= 15 is 0 Å². The van der Waals surface area contributed by atoms with Crippen molar-refractivity contribution in [3.8, 4) is 5.75 Å². The fraction of sp³-hybridized carbons (Fsp3) is 0.100. The monoisotopic (exact) mass is 256 g/mol. The van der Waals surface area contributed by atoms with Crippen LogP contribution in [0.5, 0.6) is 5.75 Å². The SMILES string of the molecule is NC(=O)NC(=O)COc1cc(F)ccc1C(=O)O. The van der Waals surface area contributed by atoms with Crippen molar-refractivity contribution in [2.75, 3.05) is 6.61 Å². The van der Waals surface area contributed by atoms with Gasteiger partial charge < -0.3 is 15.6 Å². The molecule has 1 aromatic carbocycles. The van der Waals surface area contributed by atoms with E-state index in [0.717, 1.165) is 18.2 Å². The Morgan fingerprint density at radius 3 is 2.61 bits per heavy atom. The van der Waals surface area contributed by atoms with Gasteiger partial charge in [-0.15, -0.1) is 0 Å². The molecule has 8 heteroatoms. The van der Waals surface area contributed by atoms with Gasteiger partial charge in [0.15, 0.2) is 6.61 Å². The van der Waals surface area contributed by atoms with Gasteiger partial charge in [-0.1, -0.05) is 0 Å². The molecule has 1 aromatic rings. The molecule has 96 valence electrons. The lowest BCUT2D eigenvalue weighted by molar-refractivity contribution is -0.121. The number of carbonyl (C=O) groups excluding carboxylic acids is 2. The van der Waals surface area contributed by atoms with Gasteiger partial charge in [0.05, 0.1) is 0 Å². The van der Waals surface area contributed by atoms with Crippen LogP contribution in [0.4, 0.5) is 9.18 Å². The number of hydrogen-bond donors (Lipinski definition) is 3. The molecule has 0 saturated heterocycles. The van der Waals surface area contributed by atoms with Crippen LogP contribution in [0.2, 0.25) is 0 Å². The van der Waals surface area contributed by atoms with E-state index in [1.54, 1.807) is 5.32 Å². The normalized spacial score (nSPS) is 9.61. The van der Waals surface area contributed by atoms with Crippen molar-refractivity contribution in [1.82, 2.24) is 5.32 Å². The first-order valence-corrected chi connectivity index (χ1v) is 4.65. The summed E-state index contributed by atoms with van der Waals surface area (Å²) < 4.78 is 17.7. The molecule has 0 heterocycles. The Labute approximate surface area is 100 Å². The first-order chi connectivity index (χ1) is 8.40. The van der Waals surface area contributed by atoms with E-state index in [-0.39, 0.29) is 11.3 Å². The molecule has 4 N–H and O–H groups in total. The third kappa shape index (κ3) is 3.74. The van der Waals surface area contributed by atoms with Crippen LogP contribution < -0.4 is 15.8 Å². The number of primary amides is 1. The summed E-state index contributed by atoms with van der Waals surface area (Å²) in [6.07, 6.45) is 0. The average Bonchev–Trinajstić information content (AvgIpc) is 2.25. The molecule has 18 heavy (non-hydrogen) atoms. The third-order valence-corrected chi connectivity index (χ3v) is 1.80. The second-order valence-electron chi connectivity index (χ2n) is 3.15. The van der Waals surface area contributed by atoms with E-state index < -0.39 is 30.3 Å². The van der Waals surface area contributed by atoms with E-state index in [2.05, 4.69) is 5.73 Å². The molecule has 7 nitrogen and oxygen atoms in total. The maximum atomic E-state index is 12.9. The number of aromatic carboxylic acids is 1. The number of hydrogen-bond acceptors (Lipinski definition) is 4.